The van der Waals surface area contributed by atoms with Crippen molar-refractivity contribution in [1.29, 1.82) is 0 Å². The van der Waals surface area contributed by atoms with Crippen molar-refractivity contribution in [3.05, 3.63) is 27.7 Å². The van der Waals surface area contributed by atoms with Crippen molar-refractivity contribution in [1.82, 2.24) is 0 Å². The number of fused-ring (bicyclic) bond motifs is 1. The van der Waals surface area contributed by atoms with E-state index in [9.17, 15) is 13.2 Å². The van der Waals surface area contributed by atoms with Gasteiger partial charge in [0.25, 0.3) is 0 Å². The minimum Gasteiger partial charge on any atom is -0.315 e. The van der Waals surface area contributed by atoms with Crippen LogP contribution in [0.5, 0.6) is 0 Å². The molecule has 8 heteroatoms. The van der Waals surface area contributed by atoms with E-state index in [0.29, 0.717) is 11.6 Å². The number of nitrogens with zero attached hydrogens (tertiary/aromatic N) is 2. The minimum atomic E-state index is -3.05. The lowest BCUT2D eigenvalue weighted by molar-refractivity contribution is -0.117. The Morgan fingerprint density at radius 2 is 1.96 bits per heavy atom. The smallest absolute Gasteiger partial charge is 0.247 e. The van der Waals surface area contributed by atoms with Crippen molar-refractivity contribution in [3.63, 3.8) is 0 Å². The molecule has 0 saturated carbocycles. The number of hydrogen-bond donors (Lipinski definition) is 0. The van der Waals surface area contributed by atoms with Gasteiger partial charge in [-0.3, -0.25) is 4.79 Å². The first-order chi connectivity index (χ1) is 11.2. The molecule has 2 aliphatic rings. The summed E-state index contributed by atoms with van der Waals surface area (Å²) in [7, 11) is -3.05. The summed E-state index contributed by atoms with van der Waals surface area (Å²) >= 11 is 4.91. The lowest BCUT2D eigenvalue weighted by atomic mass is 10.1. The first-order valence-corrected chi connectivity index (χ1v) is 11.3. The summed E-state index contributed by atoms with van der Waals surface area (Å²) in [5, 5.41) is 0.557. The Hall–Kier alpha value is -0.860. The predicted molar refractivity (Wildman–Crippen MR) is 103 cm³/mol. The summed E-state index contributed by atoms with van der Waals surface area (Å²) in [6, 6.07) is 3.84. The Morgan fingerprint density at radius 1 is 1.33 bits per heavy atom. The molecule has 0 unspecified atom stereocenters. The molecule has 2 atom stereocenters. The average Bonchev–Trinajstić information content (AvgIpc) is 2.90. The molecule has 0 aromatic heterocycles. The number of hydrogen-bond acceptors (Lipinski definition) is 4. The highest BCUT2D eigenvalue weighted by molar-refractivity contribution is 9.10. The van der Waals surface area contributed by atoms with Crippen molar-refractivity contribution in [2.45, 2.75) is 38.5 Å². The third-order valence-corrected chi connectivity index (χ3v) is 7.95. The summed E-state index contributed by atoms with van der Waals surface area (Å²) in [5.41, 5.74) is 3.02. The van der Waals surface area contributed by atoms with Crippen LogP contribution >= 0.6 is 27.7 Å². The van der Waals surface area contributed by atoms with Crippen LogP contribution in [0.4, 0.5) is 5.69 Å². The van der Waals surface area contributed by atoms with E-state index in [1.807, 2.05) is 30.9 Å². The van der Waals surface area contributed by atoms with Crippen LogP contribution in [0.1, 0.15) is 24.5 Å². The zero-order valence-corrected chi connectivity index (χ0v) is 17.0. The molecule has 24 heavy (non-hydrogen) atoms. The van der Waals surface area contributed by atoms with Gasteiger partial charge >= 0.3 is 0 Å². The van der Waals surface area contributed by atoms with Crippen LogP contribution in [-0.2, 0) is 14.6 Å². The average molecular weight is 431 g/mol. The third-order valence-electron chi connectivity index (χ3n) is 4.29. The van der Waals surface area contributed by atoms with Crippen LogP contribution in [0.2, 0.25) is 0 Å². The van der Waals surface area contributed by atoms with E-state index in [2.05, 4.69) is 20.9 Å². The third kappa shape index (κ3) is 3.28. The van der Waals surface area contributed by atoms with Crippen molar-refractivity contribution >= 4 is 54.3 Å². The maximum absolute atomic E-state index is 12.1. The fraction of sp³-hybridized carbons (Fsp3) is 0.500. The van der Waals surface area contributed by atoms with Crippen LogP contribution < -0.4 is 4.90 Å². The second kappa shape index (κ2) is 6.46. The molecule has 0 aliphatic carbocycles. The van der Waals surface area contributed by atoms with Gasteiger partial charge in [0.2, 0.25) is 5.91 Å². The fourth-order valence-electron chi connectivity index (χ4n) is 3.29. The second-order valence-electron chi connectivity index (χ2n) is 6.20. The van der Waals surface area contributed by atoms with Gasteiger partial charge in [-0.15, -0.1) is 0 Å². The molecule has 1 aromatic carbocycles. The molecule has 3 rings (SSSR count). The fourth-order valence-corrected chi connectivity index (χ4v) is 7.90. The summed E-state index contributed by atoms with van der Waals surface area (Å²) < 4.78 is 25.1. The van der Waals surface area contributed by atoms with E-state index in [1.165, 1.54) is 11.8 Å². The first-order valence-electron chi connectivity index (χ1n) is 7.76. The second-order valence-corrected chi connectivity index (χ2v) is 10.5. The number of rotatable bonds is 2. The van der Waals surface area contributed by atoms with Gasteiger partial charge in [0.15, 0.2) is 15.0 Å². The van der Waals surface area contributed by atoms with E-state index in [1.54, 1.807) is 6.92 Å². The normalized spacial score (nSPS) is 26.8. The number of carbonyl (C=O) groups excluding carboxylic acids is 1. The lowest BCUT2D eigenvalue weighted by Crippen LogP contribution is -2.38. The predicted octanol–water partition coefficient (Wildman–Crippen LogP) is 3.08. The Balaban J connectivity index is 2.12. The standard InChI is InChI=1S/C16H19BrN2O3S2/c1-4-14(20)18-16-19(12-7-24(21,22)8-13(12)23-16)15-9(2)5-11(17)6-10(15)3/h5-6,12-13H,4,7-8H2,1-3H3/t12-,13+/m0/s1. The molecular formula is C16H19BrN2O3S2. The highest BCUT2D eigenvalue weighted by Gasteiger charge is 2.49. The van der Waals surface area contributed by atoms with Crippen molar-refractivity contribution in [3.8, 4) is 0 Å². The number of amidine groups is 1. The van der Waals surface area contributed by atoms with E-state index in [-0.39, 0.29) is 28.7 Å². The monoisotopic (exact) mass is 430 g/mol. The zero-order chi connectivity index (χ0) is 17.6. The van der Waals surface area contributed by atoms with Crippen molar-refractivity contribution in [2.24, 2.45) is 4.99 Å². The van der Waals surface area contributed by atoms with Crippen LogP contribution in [0.25, 0.3) is 0 Å². The van der Waals surface area contributed by atoms with Gasteiger partial charge in [-0.1, -0.05) is 34.6 Å². The number of amides is 1. The Bertz CT molecular complexity index is 813. The van der Waals surface area contributed by atoms with Gasteiger partial charge in [-0.25, -0.2) is 8.42 Å². The van der Waals surface area contributed by atoms with Gasteiger partial charge in [-0.2, -0.15) is 4.99 Å². The molecule has 2 saturated heterocycles. The van der Waals surface area contributed by atoms with E-state index in [4.69, 9.17) is 0 Å². The molecule has 2 aliphatic heterocycles. The zero-order valence-electron chi connectivity index (χ0n) is 13.7. The summed E-state index contributed by atoms with van der Waals surface area (Å²) in [6.45, 7) is 5.76. The van der Waals surface area contributed by atoms with E-state index >= 15 is 0 Å². The maximum atomic E-state index is 12.1. The Labute approximate surface area is 155 Å². The molecule has 1 amide bonds. The quantitative estimate of drug-likeness (QED) is 0.720. The number of benzene rings is 1. The highest BCUT2D eigenvalue weighted by atomic mass is 79.9. The topological polar surface area (TPSA) is 66.8 Å². The number of aryl methyl sites for hydroxylation is 2. The Kier molecular flexibility index (Phi) is 4.83. The molecule has 5 nitrogen and oxygen atoms in total. The summed E-state index contributed by atoms with van der Waals surface area (Å²) in [4.78, 5) is 18.1. The number of thioether (sulfide) groups is 1. The van der Waals surface area contributed by atoms with Gasteiger partial charge in [0, 0.05) is 21.8 Å². The molecule has 130 valence electrons. The van der Waals surface area contributed by atoms with Crippen molar-refractivity contribution < 1.29 is 13.2 Å². The number of sulfone groups is 1. The van der Waals surface area contributed by atoms with Gasteiger partial charge < -0.3 is 4.90 Å². The van der Waals surface area contributed by atoms with Crippen LogP contribution in [-0.4, -0.2) is 42.3 Å². The van der Waals surface area contributed by atoms with Crippen LogP contribution in [0.15, 0.2) is 21.6 Å². The molecule has 2 heterocycles. The van der Waals surface area contributed by atoms with E-state index in [0.717, 1.165) is 21.3 Å². The largest absolute Gasteiger partial charge is 0.315 e. The number of aliphatic imine (C=N–C) groups is 1. The van der Waals surface area contributed by atoms with Crippen LogP contribution in [0, 0.1) is 13.8 Å². The van der Waals surface area contributed by atoms with Crippen molar-refractivity contribution in [2.75, 3.05) is 16.4 Å². The molecule has 0 radical (unpaired) electrons. The van der Waals surface area contributed by atoms with Crippen LogP contribution in [0.3, 0.4) is 0 Å². The van der Waals surface area contributed by atoms with Gasteiger partial charge in [0.05, 0.1) is 17.5 Å². The Morgan fingerprint density at radius 3 is 2.54 bits per heavy atom. The number of halogens is 1. The number of carbonyl (C=O) groups is 1. The molecule has 0 spiro atoms. The molecule has 2 fully saturated rings. The molecular weight excluding hydrogens is 412 g/mol. The molecule has 1 aromatic rings. The van der Waals surface area contributed by atoms with Gasteiger partial charge in [-0.05, 0) is 37.1 Å². The SMILES string of the molecule is CCC(=O)N=C1S[C@@H]2CS(=O)(=O)C[C@@H]2N1c1c(C)cc(Br)cc1C. The summed E-state index contributed by atoms with van der Waals surface area (Å²) in [6.07, 6.45) is 0.337. The molecule has 0 N–H and O–H groups in total. The minimum absolute atomic E-state index is 0.0687. The molecule has 0 bridgehead atoms. The maximum Gasteiger partial charge on any atom is 0.247 e. The lowest BCUT2D eigenvalue weighted by Gasteiger charge is -2.28. The first kappa shape index (κ1) is 17.9. The summed E-state index contributed by atoms with van der Waals surface area (Å²) in [5.74, 6) is 0.0731. The highest BCUT2D eigenvalue weighted by Crippen LogP contribution is 2.43. The number of anilines is 1. The van der Waals surface area contributed by atoms with E-state index < -0.39 is 9.84 Å². The van der Waals surface area contributed by atoms with Gasteiger partial charge in [0.1, 0.15) is 0 Å².